The van der Waals surface area contributed by atoms with Gasteiger partial charge in [-0.25, -0.2) is 14.4 Å². The number of hydrogen-bond acceptors (Lipinski definition) is 10. The number of esters is 3. The van der Waals surface area contributed by atoms with Crippen molar-refractivity contribution >= 4 is 23.8 Å². The van der Waals surface area contributed by atoms with E-state index in [1.807, 2.05) is 51.2 Å². The summed E-state index contributed by atoms with van der Waals surface area (Å²) in [5.74, 6) is -4.08. The van der Waals surface area contributed by atoms with Crippen LogP contribution in [-0.4, -0.2) is 78.3 Å². The summed E-state index contributed by atoms with van der Waals surface area (Å²) in [5, 5.41) is 11.9. The first kappa shape index (κ1) is 37.4. The van der Waals surface area contributed by atoms with Crippen molar-refractivity contribution in [3.63, 3.8) is 0 Å². The van der Waals surface area contributed by atoms with E-state index in [9.17, 15) is 24.3 Å². The van der Waals surface area contributed by atoms with E-state index in [0.29, 0.717) is 12.0 Å². The van der Waals surface area contributed by atoms with E-state index in [1.54, 1.807) is 31.3 Å². The summed E-state index contributed by atoms with van der Waals surface area (Å²) in [7, 11) is 1.44. The SMILES string of the molecule is CO[C@H]1C[C@H]2C=C[C@H]3[C@H]4O[C@]2(/C(C)=C/[C@@H](C)[C@@H]([C@@H](C)OC(=O)C[n+]2cccc(C(N)=O)c2)OC1=O)[C@@H]3[C@H](O)[C@@H](C)[C@H]4OC(=O)C1=CC=CC1.[Cl-]. The molecule has 1 aromatic rings. The number of ether oxygens (including phenoxy) is 5. The summed E-state index contributed by atoms with van der Waals surface area (Å²) in [6, 6.07) is 3.15. The van der Waals surface area contributed by atoms with E-state index in [4.69, 9.17) is 29.4 Å². The molecule has 6 rings (SSSR count). The molecule has 0 unspecified atom stereocenters. The van der Waals surface area contributed by atoms with Gasteiger partial charge in [0.1, 0.15) is 35.6 Å². The fourth-order valence-electron chi connectivity index (χ4n) is 8.51. The lowest BCUT2D eigenvalue weighted by atomic mass is 9.57. The van der Waals surface area contributed by atoms with Crippen LogP contribution in [0.3, 0.4) is 0 Å². The molecule has 13 heteroatoms. The van der Waals surface area contributed by atoms with Gasteiger partial charge < -0.3 is 46.9 Å². The third-order valence-corrected chi connectivity index (χ3v) is 10.9. The van der Waals surface area contributed by atoms with E-state index in [-0.39, 0.29) is 48.7 Å². The van der Waals surface area contributed by atoms with E-state index < -0.39 is 77.9 Å². The molecule has 1 saturated carbocycles. The quantitative estimate of drug-likeness (QED) is 0.152. The summed E-state index contributed by atoms with van der Waals surface area (Å²) in [6.45, 7) is 7.17. The predicted octanol–water partition coefficient (Wildman–Crippen LogP) is -0.714. The van der Waals surface area contributed by atoms with Crippen LogP contribution < -0.4 is 22.7 Å². The number of carbonyl (C=O) groups excluding carboxylic acids is 4. The first-order chi connectivity index (χ1) is 23.3. The second-order valence-corrected chi connectivity index (χ2v) is 13.9. The molecule has 4 bridgehead atoms. The molecule has 2 aliphatic heterocycles. The summed E-state index contributed by atoms with van der Waals surface area (Å²) in [4.78, 5) is 51.4. The standard InChI is InChI=1S/C37H44N2O10.ClH/c1-19-15-20(2)37-25(12-13-26-29(37)30(41)21(3)32(33(26)49-37)48-35(43)23-9-6-7-10-23)16-27(45-5)36(44)47-31(19)22(4)46-28(40)18-39-14-8-11-24(17-39)34(38)42;/h6-9,11-15,17,19,21-22,25-27,29-33,41H,10,16,18H2,1-5H3,(H-,38,42);1H/b20-15+;/t19-,21-,22-,25-,26-,27+,29+,30-,31+,32-,33-,37+;/m1./s1. The number of aromatic nitrogens is 1. The third kappa shape index (κ3) is 6.66. The molecule has 3 heterocycles. The van der Waals surface area contributed by atoms with Gasteiger partial charge in [-0.1, -0.05) is 50.3 Å². The smallest absolute Gasteiger partial charge is 0.373 e. The zero-order valence-corrected chi connectivity index (χ0v) is 29.5. The molecule has 12 nitrogen and oxygen atoms in total. The van der Waals surface area contributed by atoms with Gasteiger partial charge in [0.15, 0.2) is 18.5 Å². The Morgan fingerprint density at radius 2 is 1.98 bits per heavy atom. The molecule has 2 fully saturated rings. The van der Waals surface area contributed by atoms with Gasteiger partial charge >= 0.3 is 17.9 Å². The van der Waals surface area contributed by atoms with Gasteiger partial charge in [-0.05, 0) is 38.3 Å². The molecular formula is C37H45ClN2O10. The molecule has 1 spiro atoms. The summed E-state index contributed by atoms with van der Waals surface area (Å²) in [5.41, 5.74) is 5.99. The van der Waals surface area contributed by atoms with Crippen LogP contribution in [0.5, 0.6) is 0 Å². The van der Waals surface area contributed by atoms with Crippen molar-refractivity contribution in [2.45, 2.75) is 89.3 Å². The predicted molar refractivity (Wildman–Crippen MR) is 173 cm³/mol. The van der Waals surface area contributed by atoms with Crippen LogP contribution in [-0.2, 0) is 44.6 Å². The number of methoxy groups -OCH3 is 1. The van der Waals surface area contributed by atoms with Crippen LogP contribution in [0.4, 0.5) is 0 Å². The van der Waals surface area contributed by atoms with Gasteiger partial charge in [0.25, 0.3) is 5.91 Å². The minimum absolute atomic E-state index is 0. The largest absolute Gasteiger partial charge is 1.00 e. The van der Waals surface area contributed by atoms with Crippen LogP contribution in [0.25, 0.3) is 0 Å². The summed E-state index contributed by atoms with van der Waals surface area (Å²) >= 11 is 0. The maximum absolute atomic E-state index is 13.7. The Morgan fingerprint density at radius 1 is 1.22 bits per heavy atom. The highest BCUT2D eigenvalue weighted by Crippen LogP contribution is 2.61. The lowest BCUT2D eigenvalue weighted by Gasteiger charge is -2.49. The average Bonchev–Trinajstić information content (AvgIpc) is 3.67. The Bertz CT molecular complexity index is 1640. The Kier molecular flexibility index (Phi) is 11.1. The monoisotopic (exact) mass is 712 g/mol. The number of aliphatic hydroxyl groups excluding tert-OH is 1. The van der Waals surface area contributed by atoms with Crippen LogP contribution in [0.2, 0.25) is 0 Å². The number of halogens is 1. The number of aliphatic hydroxyl groups is 1. The van der Waals surface area contributed by atoms with Crippen molar-refractivity contribution in [2.75, 3.05) is 7.11 Å². The highest BCUT2D eigenvalue weighted by atomic mass is 35.5. The number of allylic oxidation sites excluding steroid dienone is 3. The van der Waals surface area contributed by atoms with Crippen molar-refractivity contribution in [3.05, 3.63) is 77.7 Å². The zero-order valence-electron chi connectivity index (χ0n) is 28.8. The molecular weight excluding hydrogens is 668 g/mol. The summed E-state index contributed by atoms with van der Waals surface area (Å²) < 4.78 is 32.1. The minimum Gasteiger partial charge on any atom is -1.00 e. The van der Waals surface area contributed by atoms with E-state index in [0.717, 1.165) is 5.57 Å². The molecule has 3 aliphatic carbocycles. The normalized spacial score (nSPS) is 37.2. The number of rotatable bonds is 8. The zero-order chi connectivity index (χ0) is 35.2. The number of cyclic esters (lactones) is 1. The lowest BCUT2D eigenvalue weighted by Crippen LogP contribution is -3.00. The highest BCUT2D eigenvalue weighted by molar-refractivity contribution is 5.92. The van der Waals surface area contributed by atoms with Crippen molar-refractivity contribution in [1.82, 2.24) is 0 Å². The van der Waals surface area contributed by atoms with Gasteiger partial charge in [0, 0.05) is 48.3 Å². The van der Waals surface area contributed by atoms with Crippen LogP contribution in [0.1, 0.15) is 50.9 Å². The molecule has 5 aliphatic rings. The molecule has 1 amide bonds. The Hall–Kier alpha value is -3.84. The van der Waals surface area contributed by atoms with Crippen LogP contribution in [0, 0.1) is 29.6 Å². The topological polar surface area (TPSA) is 165 Å². The Morgan fingerprint density at radius 3 is 2.66 bits per heavy atom. The van der Waals surface area contributed by atoms with Crippen molar-refractivity contribution in [3.8, 4) is 0 Å². The molecule has 3 N–H and O–H groups in total. The summed E-state index contributed by atoms with van der Waals surface area (Å²) in [6.07, 6.45) is 10.4. The number of hydrogen-bond donors (Lipinski definition) is 2. The Labute approximate surface area is 297 Å². The minimum atomic E-state index is -1.03. The van der Waals surface area contributed by atoms with Gasteiger partial charge in [-0.3, -0.25) is 4.79 Å². The number of amides is 1. The van der Waals surface area contributed by atoms with Gasteiger partial charge in [0.2, 0.25) is 6.54 Å². The van der Waals surface area contributed by atoms with Gasteiger partial charge in [-0.15, -0.1) is 0 Å². The van der Waals surface area contributed by atoms with Crippen molar-refractivity contribution < 1.29 is 64.9 Å². The van der Waals surface area contributed by atoms with Crippen LogP contribution >= 0.6 is 0 Å². The number of nitrogens with zero attached hydrogens (tertiary/aromatic N) is 1. The fourth-order valence-corrected chi connectivity index (χ4v) is 8.51. The van der Waals surface area contributed by atoms with Crippen LogP contribution in [0.15, 0.2) is 72.1 Å². The first-order valence-corrected chi connectivity index (χ1v) is 16.9. The van der Waals surface area contributed by atoms with Gasteiger partial charge in [-0.2, -0.15) is 4.57 Å². The second kappa shape index (κ2) is 14.8. The molecule has 270 valence electrons. The van der Waals surface area contributed by atoms with Gasteiger partial charge in [0.05, 0.1) is 6.10 Å². The van der Waals surface area contributed by atoms with E-state index >= 15 is 0 Å². The molecule has 12 atom stereocenters. The average molecular weight is 713 g/mol. The molecule has 1 aromatic heterocycles. The molecule has 0 aromatic carbocycles. The Balaban J connectivity index is 0.00000486. The lowest BCUT2D eigenvalue weighted by molar-refractivity contribution is -0.686. The van der Waals surface area contributed by atoms with E-state index in [1.165, 1.54) is 17.9 Å². The van der Waals surface area contributed by atoms with Crippen molar-refractivity contribution in [2.24, 2.45) is 35.3 Å². The maximum Gasteiger partial charge on any atom is 0.373 e. The van der Waals surface area contributed by atoms with E-state index in [2.05, 4.69) is 0 Å². The second-order valence-electron chi connectivity index (χ2n) is 13.9. The van der Waals surface area contributed by atoms with Crippen molar-refractivity contribution in [1.29, 1.82) is 0 Å². The maximum atomic E-state index is 13.7. The first-order valence-electron chi connectivity index (χ1n) is 16.9. The molecule has 50 heavy (non-hydrogen) atoms. The molecule has 1 saturated heterocycles. The number of nitrogens with two attached hydrogens (primary N) is 1. The number of primary amides is 1. The molecule has 0 radical (unpaired) electrons. The highest BCUT2D eigenvalue weighted by Gasteiger charge is 2.69. The third-order valence-electron chi connectivity index (χ3n) is 10.9. The number of carbonyl (C=O) groups is 4. The fraction of sp³-hybridized carbons (Fsp3) is 0.541. The number of pyridine rings is 1.